The highest BCUT2D eigenvalue weighted by Crippen LogP contribution is 2.11. The molecule has 1 rings (SSSR count). The lowest BCUT2D eigenvalue weighted by molar-refractivity contribution is -0.146. The van der Waals surface area contributed by atoms with Crippen molar-refractivity contribution < 1.29 is 9.53 Å². The fraction of sp³-hybridized carbons (Fsp3) is 0.923. The van der Waals surface area contributed by atoms with Crippen LogP contribution in [-0.4, -0.2) is 49.2 Å². The minimum absolute atomic E-state index is 0.0242. The number of carbonyl (C=O) groups excluding carboxylic acids is 1. The Morgan fingerprint density at radius 3 is 2.47 bits per heavy atom. The predicted molar refractivity (Wildman–Crippen MR) is 69.0 cm³/mol. The van der Waals surface area contributed by atoms with Gasteiger partial charge < -0.3 is 10.1 Å². The maximum Gasteiger partial charge on any atom is 0.320 e. The van der Waals surface area contributed by atoms with E-state index >= 15 is 0 Å². The smallest absolute Gasteiger partial charge is 0.320 e. The van der Waals surface area contributed by atoms with Gasteiger partial charge in [0.1, 0.15) is 0 Å². The van der Waals surface area contributed by atoms with Crippen molar-refractivity contribution in [3.05, 3.63) is 0 Å². The third-order valence-corrected chi connectivity index (χ3v) is 3.09. The van der Waals surface area contributed by atoms with Crippen LogP contribution >= 0.6 is 0 Å². The molecule has 1 saturated heterocycles. The Kier molecular flexibility index (Phi) is 6.52. The van der Waals surface area contributed by atoms with Gasteiger partial charge in [-0.25, -0.2) is 0 Å². The summed E-state index contributed by atoms with van der Waals surface area (Å²) in [4.78, 5) is 13.8. The van der Waals surface area contributed by atoms with Crippen molar-refractivity contribution in [1.82, 2.24) is 10.2 Å². The lowest BCUT2D eigenvalue weighted by atomic mass is 10.1. The lowest BCUT2D eigenvalue weighted by Gasteiger charge is -2.32. The number of nitrogens with zero attached hydrogens (tertiary/aromatic N) is 1. The Hall–Kier alpha value is -0.610. The monoisotopic (exact) mass is 242 g/mol. The SMILES string of the molecule is CC(C)OC(=O)CNCC(C)N1CCCCC1. The summed E-state index contributed by atoms with van der Waals surface area (Å²) in [5.41, 5.74) is 0. The topological polar surface area (TPSA) is 41.6 Å². The van der Waals surface area contributed by atoms with Crippen molar-refractivity contribution in [3.63, 3.8) is 0 Å². The minimum atomic E-state index is -0.161. The molecule has 0 aromatic carbocycles. The quantitative estimate of drug-likeness (QED) is 0.715. The summed E-state index contributed by atoms with van der Waals surface area (Å²) in [5.74, 6) is -0.161. The first kappa shape index (κ1) is 14.5. The molecule has 4 heteroatoms. The Bertz CT molecular complexity index is 225. The van der Waals surface area contributed by atoms with E-state index in [0.29, 0.717) is 12.6 Å². The Labute approximate surface area is 105 Å². The molecule has 0 aliphatic carbocycles. The first-order chi connectivity index (χ1) is 8.09. The largest absolute Gasteiger partial charge is 0.462 e. The van der Waals surface area contributed by atoms with Gasteiger partial charge in [-0.05, 0) is 46.7 Å². The van der Waals surface area contributed by atoms with Crippen LogP contribution in [0.2, 0.25) is 0 Å². The summed E-state index contributed by atoms with van der Waals surface area (Å²) >= 11 is 0. The van der Waals surface area contributed by atoms with E-state index in [9.17, 15) is 4.79 Å². The average molecular weight is 242 g/mol. The highest BCUT2D eigenvalue weighted by molar-refractivity contribution is 5.71. The summed E-state index contributed by atoms with van der Waals surface area (Å²) in [7, 11) is 0. The molecule has 0 aromatic rings. The molecule has 1 heterocycles. The van der Waals surface area contributed by atoms with E-state index in [-0.39, 0.29) is 12.1 Å². The van der Waals surface area contributed by atoms with E-state index in [4.69, 9.17) is 4.74 Å². The Balaban J connectivity index is 2.10. The van der Waals surface area contributed by atoms with Crippen molar-refractivity contribution in [2.24, 2.45) is 0 Å². The van der Waals surface area contributed by atoms with Gasteiger partial charge in [0, 0.05) is 12.6 Å². The molecule has 0 aromatic heterocycles. The predicted octanol–water partition coefficient (Wildman–Crippen LogP) is 1.40. The number of likely N-dealkylation sites (tertiary alicyclic amines) is 1. The molecule has 4 nitrogen and oxygen atoms in total. The zero-order valence-corrected chi connectivity index (χ0v) is 11.4. The van der Waals surface area contributed by atoms with Gasteiger partial charge in [0.05, 0.1) is 12.6 Å². The van der Waals surface area contributed by atoms with Crippen LogP contribution in [0.25, 0.3) is 0 Å². The third-order valence-electron chi connectivity index (χ3n) is 3.09. The Morgan fingerprint density at radius 1 is 1.24 bits per heavy atom. The van der Waals surface area contributed by atoms with Crippen molar-refractivity contribution in [3.8, 4) is 0 Å². The van der Waals surface area contributed by atoms with Gasteiger partial charge in [0.25, 0.3) is 0 Å². The average Bonchev–Trinajstić information content (AvgIpc) is 2.29. The van der Waals surface area contributed by atoms with Crippen LogP contribution < -0.4 is 5.32 Å². The second-order valence-corrected chi connectivity index (χ2v) is 5.12. The number of carbonyl (C=O) groups is 1. The van der Waals surface area contributed by atoms with Crippen LogP contribution in [0.4, 0.5) is 0 Å². The van der Waals surface area contributed by atoms with Gasteiger partial charge in [-0.2, -0.15) is 0 Å². The van der Waals surface area contributed by atoms with E-state index < -0.39 is 0 Å². The van der Waals surface area contributed by atoms with Gasteiger partial charge in [-0.3, -0.25) is 9.69 Å². The summed E-state index contributed by atoms with van der Waals surface area (Å²) < 4.78 is 5.06. The summed E-state index contributed by atoms with van der Waals surface area (Å²) in [6, 6.07) is 0.502. The van der Waals surface area contributed by atoms with Gasteiger partial charge >= 0.3 is 5.97 Å². The van der Waals surface area contributed by atoms with E-state index in [1.165, 1.54) is 32.4 Å². The number of piperidine rings is 1. The summed E-state index contributed by atoms with van der Waals surface area (Å²) in [6.07, 6.45) is 3.94. The zero-order chi connectivity index (χ0) is 12.7. The van der Waals surface area contributed by atoms with E-state index in [2.05, 4.69) is 17.1 Å². The molecule has 0 amide bonds. The summed E-state index contributed by atoms with van der Waals surface area (Å²) in [6.45, 7) is 9.51. The highest BCUT2D eigenvalue weighted by atomic mass is 16.5. The Morgan fingerprint density at radius 2 is 1.88 bits per heavy atom. The van der Waals surface area contributed by atoms with Crippen molar-refractivity contribution in [2.75, 3.05) is 26.2 Å². The highest BCUT2D eigenvalue weighted by Gasteiger charge is 2.16. The second-order valence-electron chi connectivity index (χ2n) is 5.12. The number of nitrogens with one attached hydrogen (secondary N) is 1. The van der Waals surface area contributed by atoms with Crippen molar-refractivity contribution >= 4 is 5.97 Å². The van der Waals surface area contributed by atoms with Crippen LogP contribution in [0.5, 0.6) is 0 Å². The standard InChI is InChI=1S/C13H26N2O2/c1-11(2)17-13(16)10-14-9-12(3)15-7-5-4-6-8-15/h11-12,14H,4-10H2,1-3H3. The number of hydrogen-bond donors (Lipinski definition) is 1. The van der Waals surface area contributed by atoms with Crippen LogP contribution in [0.1, 0.15) is 40.0 Å². The van der Waals surface area contributed by atoms with Gasteiger partial charge in [-0.1, -0.05) is 6.42 Å². The molecular formula is C13H26N2O2. The lowest BCUT2D eigenvalue weighted by Crippen LogP contribution is -2.44. The molecule has 1 unspecified atom stereocenters. The fourth-order valence-corrected chi connectivity index (χ4v) is 2.18. The second kappa shape index (κ2) is 7.67. The molecular weight excluding hydrogens is 216 g/mol. The van der Waals surface area contributed by atoms with Crippen LogP contribution in [0.3, 0.4) is 0 Å². The van der Waals surface area contributed by atoms with Gasteiger partial charge in [0.2, 0.25) is 0 Å². The van der Waals surface area contributed by atoms with E-state index in [1.807, 2.05) is 13.8 Å². The van der Waals surface area contributed by atoms with Crippen molar-refractivity contribution in [1.29, 1.82) is 0 Å². The van der Waals surface area contributed by atoms with Crippen LogP contribution in [0, 0.1) is 0 Å². The van der Waals surface area contributed by atoms with Gasteiger partial charge in [-0.15, -0.1) is 0 Å². The fourth-order valence-electron chi connectivity index (χ4n) is 2.18. The molecule has 0 bridgehead atoms. The summed E-state index contributed by atoms with van der Waals surface area (Å²) in [5, 5.41) is 3.17. The molecule has 1 fully saturated rings. The number of esters is 1. The zero-order valence-electron chi connectivity index (χ0n) is 11.4. The maximum atomic E-state index is 11.3. The molecule has 1 aliphatic rings. The van der Waals surface area contributed by atoms with Crippen LogP contribution in [-0.2, 0) is 9.53 Å². The molecule has 100 valence electrons. The molecule has 1 N–H and O–H groups in total. The maximum absolute atomic E-state index is 11.3. The third kappa shape index (κ3) is 6.03. The van der Waals surface area contributed by atoms with E-state index in [1.54, 1.807) is 0 Å². The van der Waals surface area contributed by atoms with E-state index in [0.717, 1.165) is 6.54 Å². The molecule has 0 radical (unpaired) electrons. The first-order valence-electron chi connectivity index (χ1n) is 6.74. The molecule has 1 atom stereocenters. The number of rotatable bonds is 6. The minimum Gasteiger partial charge on any atom is -0.462 e. The normalized spacial score (nSPS) is 19.3. The molecule has 17 heavy (non-hydrogen) atoms. The van der Waals surface area contributed by atoms with Crippen molar-refractivity contribution in [2.45, 2.75) is 52.2 Å². The molecule has 0 saturated carbocycles. The first-order valence-corrected chi connectivity index (χ1v) is 6.74. The van der Waals surface area contributed by atoms with Gasteiger partial charge in [0.15, 0.2) is 0 Å². The number of ether oxygens (including phenoxy) is 1. The van der Waals surface area contributed by atoms with Crippen LogP contribution in [0.15, 0.2) is 0 Å². The number of hydrogen-bond acceptors (Lipinski definition) is 4. The molecule has 1 aliphatic heterocycles. The molecule has 0 spiro atoms.